The van der Waals surface area contributed by atoms with Gasteiger partial charge in [-0.05, 0) is 51.4 Å². The van der Waals surface area contributed by atoms with Crippen LogP contribution in [0.25, 0.3) is 0 Å². The Morgan fingerprint density at radius 2 is 0.525 bits per heavy atom. The number of hydrogen-bond acceptors (Lipinski definition) is 3. The Bertz CT molecular complexity index is 472. The molecule has 0 aliphatic rings. The summed E-state index contributed by atoms with van der Waals surface area (Å²) >= 11 is 0. The zero-order chi connectivity index (χ0) is 30.5. The van der Waals surface area contributed by atoms with E-state index in [9.17, 15) is 0 Å². The third kappa shape index (κ3) is 32.2. The molecule has 0 amide bonds. The van der Waals surface area contributed by atoms with Gasteiger partial charge in [-0.1, -0.05) is 107 Å². The fourth-order valence-electron chi connectivity index (χ4n) is 5.29. The van der Waals surface area contributed by atoms with Crippen molar-refractivity contribution >= 4 is 10.4 Å². The van der Waals surface area contributed by atoms with E-state index in [1.54, 1.807) is 0 Å². The molecule has 0 aromatic rings. The van der Waals surface area contributed by atoms with Crippen LogP contribution < -0.4 is 4.70 Å². The normalized spacial score (nSPS) is 11.7. The summed E-state index contributed by atoms with van der Waals surface area (Å²) in [5, 5.41) is 0. The Hall–Kier alpha value is -0.280. The Morgan fingerprint density at radius 3 is 0.600 bits per heavy atom. The van der Waals surface area contributed by atoms with E-state index in [1.165, 1.54) is 164 Å². The van der Waals surface area contributed by atoms with Gasteiger partial charge in [0.15, 0.2) is 0 Å². The van der Waals surface area contributed by atoms with Crippen molar-refractivity contribution in [3.8, 4) is 0 Å². The molecule has 40 heavy (non-hydrogen) atoms. The number of quaternary nitrogens is 2. The number of halogens is 1. The summed E-state index contributed by atoms with van der Waals surface area (Å²) < 4.78 is 35.7. The maximum Gasteiger partial charge on any atom is 0.215 e. The van der Waals surface area contributed by atoms with Crippen LogP contribution in [-0.4, -0.2) is 78.8 Å². The number of unbranched alkanes of at least 4 members (excludes halogenated alkanes) is 8. The summed E-state index contributed by atoms with van der Waals surface area (Å²) in [5.41, 5.74) is 0. The molecule has 0 saturated heterocycles. The van der Waals surface area contributed by atoms with E-state index in [4.69, 9.17) is 17.5 Å². The highest BCUT2D eigenvalue weighted by atomic mass is 32.3. The van der Waals surface area contributed by atoms with Crippen LogP contribution in [0.1, 0.15) is 158 Å². The van der Waals surface area contributed by atoms with Crippen molar-refractivity contribution in [2.45, 2.75) is 158 Å². The molecule has 0 heterocycles. The predicted molar refractivity (Wildman–Crippen MR) is 171 cm³/mol. The van der Waals surface area contributed by atoms with Crippen LogP contribution in [-0.2, 0) is 10.4 Å². The minimum Gasteiger partial charge on any atom is -1.00 e. The second-order valence-corrected chi connectivity index (χ2v) is 12.6. The number of hydrogen-bond donors (Lipinski definition) is 1. The van der Waals surface area contributed by atoms with Crippen molar-refractivity contribution in [3.05, 3.63) is 0 Å². The smallest absolute Gasteiger partial charge is 0.215 e. The van der Waals surface area contributed by atoms with Crippen LogP contribution in [0.2, 0.25) is 0 Å². The van der Waals surface area contributed by atoms with Crippen molar-refractivity contribution in [1.82, 2.24) is 0 Å². The second kappa shape index (κ2) is 31.7. The molecule has 0 aromatic heterocycles. The molecule has 0 atom stereocenters. The lowest BCUT2D eigenvalue weighted by atomic mass is 10.1. The van der Waals surface area contributed by atoms with Gasteiger partial charge in [0, 0.05) is 0 Å². The van der Waals surface area contributed by atoms with Gasteiger partial charge >= 0.3 is 0 Å². The molecule has 0 unspecified atom stereocenters. The minimum atomic E-state index is -4.92. The first kappa shape index (κ1) is 46.7. The topological polar surface area (TPSA) is 77.4 Å². The summed E-state index contributed by atoms with van der Waals surface area (Å²) in [4.78, 5) is 0. The second-order valence-electron chi connectivity index (χ2n) is 11.7. The van der Waals surface area contributed by atoms with Gasteiger partial charge in [0.05, 0.1) is 52.4 Å². The van der Waals surface area contributed by atoms with E-state index in [0.717, 1.165) is 0 Å². The molecule has 0 aliphatic heterocycles. The molecule has 0 aliphatic carbocycles. The fourth-order valence-corrected chi connectivity index (χ4v) is 5.29. The molecule has 0 aromatic carbocycles. The van der Waals surface area contributed by atoms with Crippen molar-refractivity contribution in [1.29, 1.82) is 0 Å². The summed E-state index contributed by atoms with van der Waals surface area (Å²) in [6.45, 7) is 30.0. The predicted octanol–water partition coefficient (Wildman–Crippen LogP) is 6.02. The Morgan fingerprint density at radius 1 is 0.425 bits per heavy atom. The lowest BCUT2D eigenvalue weighted by molar-refractivity contribution is -0.929. The largest absolute Gasteiger partial charge is 1.00 e. The van der Waals surface area contributed by atoms with E-state index in [0.29, 0.717) is 0 Å². The SMILES string of the molecule is CCCC[N+](CCCC)(CCCC)CCCC.CCCC[N+](CCCC)(CCCC)CCCC.O=S(=O)([O-])O.[F-]. The molecule has 248 valence electrons. The fraction of sp³-hybridized carbons (Fsp3) is 1.00. The number of rotatable bonds is 24. The monoisotopic (exact) mass is 601 g/mol. The molecule has 0 spiro atoms. The van der Waals surface area contributed by atoms with Gasteiger partial charge < -0.3 is 18.2 Å². The molecule has 0 fully saturated rings. The van der Waals surface area contributed by atoms with E-state index < -0.39 is 10.4 Å². The zero-order valence-corrected chi connectivity index (χ0v) is 29.1. The average Bonchev–Trinajstić information content (AvgIpc) is 2.91. The Labute approximate surface area is 251 Å². The summed E-state index contributed by atoms with van der Waals surface area (Å²) in [7, 11) is -4.92. The minimum absolute atomic E-state index is 0. The van der Waals surface area contributed by atoms with Crippen molar-refractivity contribution < 1.29 is 31.2 Å². The summed E-state index contributed by atoms with van der Waals surface area (Å²) in [6.07, 6.45) is 22.1. The van der Waals surface area contributed by atoms with Crippen molar-refractivity contribution in [3.63, 3.8) is 0 Å². The van der Waals surface area contributed by atoms with E-state index in [2.05, 4.69) is 55.4 Å². The Balaban J connectivity index is -0.000000271. The van der Waals surface area contributed by atoms with Gasteiger partial charge in [-0.2, -0.15) is 0 Å². The van der Waals surface area contributed by atoms with Gasteiger partial charge in [-0.25, -0.2) is 8.42 Å². The van der Waals surface area contributed by atoms with Crippen LogP contribution in [0.3, 0.4) is 0 Å². The van der Waals surface area contributed by atoms with E-state index >= 15 is 0 Å². The first-order valence-electron chi connectivity index (χ1n) is 16.9. The standard InChI is InChI=1S/2C16H36N.FH.H2O4S/c2*1-5-9-13-17(14-10-6-2,15-11-7-3)16-12-8-4;;1-5(2,3)4/h2*5-16H2,1-4H3;1H;(H2,1,2,3,4)/q2*+1;;/p-2. The van der Waals surface area contributed by atoms with Gasteiger partial charge in [-0.15, -0.1) is 0 Å². The summed E-state index contributed by atoms with van der Waals surface area (Å²) in [5.74, 6) is 0. The van der Waals surface area contributed by atoms with Crippen LogP contribution in [0, 0.1) is 0 Å². The molecule has 0 bridgehead atoms. The van der Waals surface area contributed by atoms with Crippen LogP contribution in [0.15, 0.2) is 0 Å². The molecule has 0 rings (SSSR count). The molecule has 0 saturated carbocycles. The maximum atomic E-state index is 8.63. The average molecular weight is 601 g/mol. The van der Waals surface area contributed by atoms with Gasteiger partial charge in [0.1, 0.15) is 0 Å². The zero-order valence-electron chi connectivity index (χ0n) is 28.3. The number of nitrogens with zero attached hydrogens (tertiary/aromatic N) is 2. The van der Waals surface area contributed by atoms with Crippen molar-refractivity contribution in [2.24, 2.45) is 0 Å². The van der Waals surface area contributed by atoms with Crippen LogP contribution in [0.4, 0.5) is 0 Å². The van der Waals surface area contributed by atoms with Crippen LogP contribution in [0.5, 0.6) is 0 Å². The maximum absolute atomic E-state index is 8.63. The highest BCUT2D eigenvalue weighted by molar-refractivity contribution is 7.79. The third-order valence-electron chi connectivity index (χ3n) is 7.89. The molecular weight excluding hydrogens is 527 g/mol. The molecular formula is C32H73FN2O4S. The van der Waals surface area contributed by atoms with Gasteiger partial charge in [0.2, 0.25) is 10.4 Å². The molecule has 6 nitrogen and oxygen atoms in total. The highest BCUT2D eigenvalue weighted by Crippen LogP contribution is 2.17. The highest BCUT2D eigenvalue weighted by Gasteiger charge is 2.25. The molecule has 8 heteroatoms. The molecule has 1 N–H and O–H groups in total. The third-order valence-corrected chi connectivity index (χ3v) is 7.89. The van der Waals surface area contributed by atoms with Gasteiger partial charge in [0.25, 0.3) is 0 Å². The lowest BCUT2D eigenvalue weighted by Gasteiger charge is -2.39. The molecule has 0 radical (unpaired) electrons. The Kier molecular flexibility index (Phi) is 36.9. The lowest BCUT2D eigenvalue weighted by Crippen LogP contribution is -3.00. The van der Waals surface area contributed by atoms with Crippen LogP contribution >= 0.6 is 0 Å². The summed E-state index contributed by atoms with van der Waals surface area (Å²) in [6, 6.07) is 0. The van der Waals surface area contributed by atoms with Gasteiger partial charge in [-0.3, -0.25) is 4.55 Å². The first-order chi connectivity index (χ1) is 18.5. The van der Waals surface area contributed by atoms with E-state index in [1.807, 2.05) is 0 Å². The quantitative estimate of drug-likeness (QED) is 0.0836. The first-order valence-corrected chi connectivity index (χ1v) is 18.2. The van der Waals surface area contributed by atoms with E-state index in [-0.39, 0.29) is 4.70 Å². The van der Waals surface area contributed by atoms with Crippen molar-refractivity contribution in [2.75, 3.05) is 52.4 Å².